The number of nitrogens with one attached hydrogen (secondary N) is 2. The third-order valence-corrected chi connectivity index (χ3v) is 2.81. The third kappa shape index (κ3) is 5.42. The predicted octanol–water partition coefficient (Wildman–Crippen LogP) is 0.966. The van der Waals surface area contributed by atoms with Gasteiger partial charge in [-0.05, 0) is 37.0 Å². The molecule has 0 aliphatic rings. The number of phenols is 1. The van der Waals surface area contributed by atoms with Crippen LogP contribution in [-0.2, 0) is 16.0 Å². The lowest BCUT2D eigenvalue weighted by Crippen LogP contribution is -2.44. The van der Waals surface area contributed by atoms with Crippen molar-refractivity contribution in [2.45, 2.75) is 32.2 Å². The summed E-state index contributed by atoms with van der Waals surface area (Å²) in [5, 5.41) is 14.5. The Balaban J connectivity index is 2.48. The van der Waals surface area contributed by atoms with E-state index < -0.39 is 6.04 Å². The van der Waals surface area contributed by atoms with E-state index in [0.717, 1.165) is 18.4 Å². The van der Waals surface area contributed by atoms with Crippen molar-refractivity contribution >= 4 is 11.8 Å². The topological polar surface area (TPSA) is 78.4 Å². The molecule has 0 aromatic heterocycles. The fourth-order valence-corrected chi connectivity index (χ4v) is 1.91. The smallest absolute Gasteiger partial charge is 0.242 e. The van der Waals surface area contributed by atoms with Crippen LogP contribution in [0.1, 0.15) is 25.3 Å². The van der Waals surface area contributed by atoms with E-state index in [2.05, 4.69) is 10.6 Å². The molecule has 1 rings (SSSR count). The summed E-state index contributed by atoms with van der Waals surface area (Å²) in [6.45, 7) is 1.39. The molecule has 0 fully saturated rings. The summed E-state index contributed by atoms with van der Waals surface area (Å²) in [5.74, 6) is -0.167. The molecule has 104 valence electrons. The van der Waals surface area contributed by atoms with Crippen molar-refractivity contribution in [3.05, 3.63) is 29.8 Å². The van der Waals surface area contributed by atoms with Crippen molar-refractivity contribution < 1.29 is 14.7 Å². The maximum atomic E-state index is 11.6. The van der Waals surface area contributed by atoms with Gasteiger partial charge in [0.05, 0.1) is 0 Å². The number of aryl methyl sites for hydroxylation is 1. The summed E-state index contributed by atoms with van der Waals surface area (Å²) in [7, 11) is 1.55. The zero-order chi connectivity index (χ0) is 14.3. The number of phenolic OH excluding ortho intramolecular Hbond substituents is 1. The van der Waals surface area contributed by atoms with E-state index in [1.807, 2.05) is 6.07 Å². The summed E-state index contributed by atoms with van der Waals surface area (Å²) in [4.78, 5) is 22.6. The normalized spacial score (nSPS) is 11.7. The molecule has 19 heavy (non-hydrogen) atoms. The molecule has 0 radical (unpaired) electrons. The number of carbonyl (C=O) groups is 2. The molecule has 1 aromatic carbocycles. The van der Waals surface area contributed by atoms with Gasteiger partial charge < -0.3 is 15.7 Å². The van der Waals surface area contributed by atoms with Crippen molar-refractivity contribution in [1.29, 1.82) is 0 Å². The first kappa shape index (κ1) is 15.0. The van der Waals surface area contributed by atoms with Gasteiger partial charge in [0.25, 0.3) is 0 Å². The van der Waals surface area contributed by atoms with E-state index in [-0.39, 0.29) is 17.6 Å². The van der Waals surface area contributed by atoms with Gasteiger partial charge >= 0.3 is 0 Å². The average Bonchev–Trinajstić information content (AvgIpc) is 2.36. The second kappa shape index (κ2) is 7.41. The second-order valence-corrected chi connectivity index (χ2v) is 4.43. The highest BCUT2D eigenvalue weighted by Gasteiger charge is 2.17. The fourth-order valence-electron chi connectivity index (χ4n) is 1.91. The van der Waals surface area contributed by atoms with E-state index in [1.165, 1.54) is 6.92 Å². The van der Waals surface area contributed by atoms with Crippen LogP contribution in [0.2, 0.25) is 0 Å². The number of hydrogen-bond acceptors (Lipinski definition) is 3. The van der Waals surface area contributed by atoms with Crippen LogP contribution in [-0.4, -0.2) is 30.0 Å². The van der Waals surface area contributed by atoms with Crippen LogP contribution < -0.4 is 10.6 Å². The minimum atomic E-state index is -0.500. The molecule has 0 aliphatic heterocycles. The van der Waals surface area contributed by atoms with Crippen molar-refractivity contribution in [2.75, 3.05) is 7.05 Å². The van der Waals surface area contributed by atoms with Gasteiger partial charge in [-0.2, -0.15) is 0 Å². The maximum Gasteiger partial charge on any atom is 0.242 e. The van der Waals surface area contributed by atoms with Crippen LogP contribution in [0.4, 0.5) is 0 Å². The molecule has 0 aliphatic carbocycles. The molecule has 1 unspecified atom stereocenters. The minimum absolute atomic E-state index is 0.189. The van der Waals surface area contributed by atoms with Crippen molar-refractivity contribution in [1.82, 2.24) is 10.6 Å². The Labute approximate surface area is 113 Å². The van der Waals surface area contributed by atoms with Gasteiger partial charge in [0.15, 0.2) is 0 Å². The molecule has 0 bridgehead atoms. The quantitative estimate of drug-likeness (QED) is 0.716. The highest BCUT2D eigenvalue weighted by molar-refractivity contribution is 5.86. The molecule has 0 saturated carbocycles. The zero-order valence-corrected chi connectivity index (χ0v) is 11.3. The van der Waals surface area contributed by atoms with Crippen LogP contribution in [0.25, 0.3) is 0 Å². The standard InChI is InChI=1S/C14H20N2O3/c1-10(17)16-13(14(19)15-2)8-4-6-11-5-3-7-12(18)9-11/h3,5,7,9,13,18H,4,6,8H2,1-2H3,(H,15,19)(H,16,17). The molecule has 0 heterocycles. The van der Waals surface area contributed by atoms with Crippen LogP contribution in [0.15, 0.2) is 24.3 Å². The number of carbonyl (C=O) groups excluding carboxylic acids is 2. The SMILES string of the molecule is CNC(=O)C(CCCc1cccc(O)c1)NC(C)=O. The van der Waals surface area contributed by atoms with Gasteiger partial charge in [-0.25, -0.2) is 0 Å². The first-order chi connectivity index (χ1) is 9.02. The van der Waals surface area contributed by atoms with Crippen LogP contribution in [0.3, 0.4) is 0 Å². The molecule has 2 amide bonds. The number of benzene rings is 1. The molecule has 0 saturated heterocycles. The van der Waals surface area contributed by atoms with E-state index >= 15 is 0 Å². The van der Waals surface area contributed by atoms with Crippen molar-refractivity contribution in [2.24, 2.45) is 0 Å². The number of aromatic hydroxyl groups is 1. The molecular formula is C14H20N2O3. The first-order valence-corrected chi connectivity index (χ1v) is 6.29. The fraction of sp³-hybridized carbons (Fsp3) is 0.429. The Bertz CT molecular complexity index is 446. The monoisotopic (exact) mass is 264 g/mol. The van der Waals surface area contributed by atoms with Gasteiger partial charge in [-0.1, -0.05) is 12.1 Å². The van der Waals surface area contributed by atoms with Gasteiger partial charge in [0.1, 0.15) is 11.8 Å². The van der Waals surface area contributed by atoms with Gasteiger partial charge in [-0.15, -0.1) is 0 Å². The Morgan fingerprint density at radius 1 is 1.37 bits per heavy atom. The maximum absolute atomic E-state index is 11.6. The molecular weight excluding hydrogens is 244 g/mol. The molecule has 5 heteroatoms. The van der Waals surface area contributed by atoms with E-state index in [4.69, 9.17) is 0 Å². The van der Waals surface area contributed by atoms with Crippen LogP contribution >= 0.6 is 0 Å². The molecule has 1 aromatic rings. The third-order valence-electron chi connectivity index (χ3n) is 2.81. The number of rotatable bonds is 6. The van der Waals surface area contributed by atoms with Crippen LogP contribution in [0.5, 0.6) is 5.75 Å². The van der Waals surface area contributed by atoms with Gasteiger partial charge in [0, 0.05) is 14.0 Å². The Morgan fingerprint density at radius 2 is 2.11 bits per heavy atom. The summed E-state index contributed by atoms with van der Waals surface area (Å²) in [5.41, 5.74) is 1.01. The summed E-state index contributed by atoms with van der Waals surface area (Å²) < 4.78 is 0. The van der Waals surface area contributed by atoms with E-state index in [9.17, 15) is 14.7 Å². The summed E-state index contributed by atoms with van der Waals surface area (Å²) >= 11 is 0. The Hall–Kier alpha value is -2.04. The summed E-state index contributed by atoms with van der Waals surface area (Å²) in [6, 6.07) is 6.53. The predicted molar refractivity (Wildman–Crippen MR) is 72.7 cm³/mol. The second-order valence-electron chi connectivity index (χ2n) is 4.43. The van der Waals surface area contributed by atoms with E-state index in [0.29, 0.717) is 6.42 Å². The summed E-state index contributed by atoms with van der Waals surface area (Å²) in [6.07, 6.45) is 2.07. The molecule has 3 N–H and O–H groups in total. The minimum Gasteiger partial charge on any atom is -0.508 e. The lowest BCUT2D eigenvalue weighted by Gasteiger charge is -2.16. The van der Waals surface area contributed by atoms with Crippen LogP contribution in [0, 0.1) is 0 Å². The largest absolute Gasteiger partial charge is 0.508 e. The Morgan fingerprint density at radius 3 is 2.68 bits per heavy atom. The van der Waals surface area contributed by atoms with E-state index in [1.54, 1.807) is 25.2 Å². The number of hydrogen-bond donors (Lipinski definition) is 3. The highest BCUT2D eigenvalue weighted by atomic mass is 16.3. The van der Waals surface area contributed by atoms with Gasteiger partial charge in [0.2, 0.25) is 11.8 Å². The lowest BCUT2D eigenvalue weighted by atomic mass is 10.0. The zero-order valence-electron chi connectivity index (χ0n) is 11.3. The average molecular weight is 264 g/mol. The Kier molecular flexibility index (Phi) is 5.85. The van der Waals surface area contributed by atoms with Crippen molar-refractivity contribution in [3.8, 4) is 5.75 Å². The highest BCUT2D eigenvalue weighted by Crippen LogP contribution is 2.13. The first-order valence-electron chi connectivity index (χ1n) is 6.29. The molecule has 1 atom stereocenters. The van der Waals surface area contributed by atoms with Crippen molar-refractivity contribution in [3.63, 3.8) is 0 Å². The number of likely N-dealkylation sites (N-methyl/N-ethyl adjacent to an activating group) is 1. The molecule has 5 nitrogen and oxygen atoms in total. The number of amides is 2. The lowest BCUT2D eigenvalue weighted by molar-refractivity contribution is -0.127. The van der Waals surface area contributed by atoms with Gasteiger partial charge in [-0.3, -0.25) is 9.59 Å². The molecule has 0 spiro atoms.